The van der Waals surface area contributed by atoms with Crippen molar-refractivity contribution in [1.29, 1.82) is 0 Å². The number of hydrogen-bond donors (Lipinski definition) is 0. The molecule has 1 aliphatic carbocycles. The maximum Gasteiger partial charge on any atom is 0.303 e. The van der Waals surface area contributed by atoms with Crippen LogP contribution in [0.15, 0.2) is 24.3 Å². The van der Waals surface area contributed by atoms with Gasteiger partial charge in [0, 0.05) is 13.8 Å². The van der Waals surface area contributed by atoms with E-state index in [1.165, 1.54) is 58.8 Å². The van der Waals surface area contributed by atoms with Gasteiger partial charge in [-0.3, -0.25) is 9.59 Å². The third-order valence-corrected chi connectivity index (χ3v) is 5.31. The highest BCUT2D eigenvalue weighted by molar-refractivity contribution is 5.66. The maximum atomic E-state index is 11.3. The van der Waals surface area contributed by atoms with Crippen LogP contribution >= 0.6 is 0 Å². The van der Waals surface area contributed by atoms with Gasteiger partial charge in [-0.2, -0.15) is 0 Å². The lowest BCUT2D eigenvalue weighted by atomic mass is 10.0. The van der Waals surface area contributed by atoms with E-state index in [0.717, 1.165) is 51.4 Å². The van der Waals surface area contributed by atoms with Gasteiger partial charge >= 0.3 is 11.9 Å². The highest BCUT2D eigenvalue weighted by atomic mass is 16.5. The maximum absolute atomic E-state index is 11.3. The summed E-state index contributed by atoms with van der Waals surface area (Å²) in [6.07, 6.45) is 25.4. The van der Waals surface area contributed by atoms with Crippen molar-refractivity contribution in [3.63, 3.8) is 0 Å². The summed E-state index contributed by atoms with van der Waals surface area (Å²) >= 11 is 0. The normalized spacial score (nSPS) is 26.4. The van der Waals surface area contributed by atoms with Crippen LogP contribution in [0.2, 0.25) is 0 Å². The van der Waals surface area contributed by atoms with Gasteiger partial charge in [0.25, 0.3) is 0 Å². The van der Waals surface area contributed by atoms with Crippen molar-refractivity contribution in [2.75, 3.05) is 0 Å². The molecule has 0 saturated carbocycles. The minimum Gasteiger partial charge on any atom is -0.458 e. The summed E-state index contributed by atoms with van der Waals surface area (Å²) < 4.78 is 10.9. The van der Waals surface area contributed by atoms with E-state index >= 15 is 0 Å². The summed E-state index contributed by atoms with van der Waals surface area (Å²) in [5, 5.41) is 0. The molecule has 0 aliphatic heterocycles. The van der Waals surface area contributed by atoms with E-state index in [1.54, 1.807) is 0 Å². The van der Waals surface area contributed by atoms with Crippen molar-refractivity contribution in [2.45, 2.75) is 122 Å². The summed E-state index contributed by atoms with van der Waals surface area (Å²) in [4.78, 5) is 22.6. The van der Waals surface area contributed by atoms with E-state index in [-0.39, 0.29) is 24.1 Å². The molecule has 0 fully saturated rings. The Kier molecular flexibility index (Phi) is 15.2. The Morgan fingerprint density at radius 3 is 1.31 bits per heavy atom. The fraction of sp³-hybridized carbons (Fsp3) is 0.760. The second kappa shape index (κ2) is 17.3. The standard InChI is InChI=1S/C25H42O4/c1-22(26)28-24-18-14-10-6-3-4-7-11-15-19-25(29-23(2)27)21-17-13-9-5-8-12-16-20-24/h16-17,20-21,24-25H,3-15,18-19H2,1-2H3/b20-16+,21-17+. The van der Waals surface area contributed by atoms with E-state index in [1.807, 2.05) is 0 Å². The van der Waals surface area contributed by atoms with Crippen molar-refractivity contribution in [3.8, 4) is 0 Å². The number of carbonyl (C=O) groups excluding carboxylic acids is 2. The van der Waals surface area contributed by atoms with E-state index < -0.39 is 0 Å². The van der Waals surface area contributed by atoms with Gasteiger partial charge in [0.15, 0.2) is 0 Å². The van der Waals surface area contributed by atoms with Crippen LogP contribution in [0, 0.1) is 0 Å². The largest absolute Gasteiger partial charge is 0.458 e. The first-order valence-electron chi connectivity index (χ1n) is 11.8. The van der Waals surface area contributed by atoms with Crippen LogP contribution in [0.3, 0.4) is 0 Å². The zero-order valence-electron chi connectivity index (χ0n) is 18.7. The Morgan fingerprint density at radius 2 is 0.931 bits per heavy atom. The second-order valence-corrected chi connectivity index (χ2v) is 8.20. The average Bonchev–Trinajstić information content (AvgIpc) is 2.65. The van der Waals surface area contributed by atoms with Crippen LogP contribution in [0.1, 0.15) is 110 Å². The van der Waals surface area contributed by atoms with Gasteiger partial charge in [-0.1, -0.05) is 57.1 Å². The summed E-state index contributed by atoms with van der Waals surface area (Å²) in [6, 6.07) is 0. The number of allylic oxidation sites excluding steroid dienone is 2. The van der Waals surface area contributed by atoms with Gasteiger partial charge in [-0.05, 0) is 63.5 Å². The third kappa shape index (κ3) is 16.0. The molecule has 0 N–H and O–H groups in total. The summed E-state index contributed by atoms with van der Waals surface area (Å²) in [6.45, 7) is 2.99. The van der Waals surface area contributed by atoms with Crippen molar-refractivity contribution in [3.05, 3.63) is 24.3 Å². The highest BCUT2D eigenvalue weighted by Gasteiger charge is 2.09. The molecule has 0 bridgehead atoms. The third-order valence-electron chi connectivity index (χ3n) is 5.31. The van der Waals surface area contributed by atoms with E-state index in [4.69, 9.17) is 9.47 Å². The quantitative estimate of drug-likeness (QED) is 0.372. The molecular weight excluding hydrogens is 364 g/mol. The molecular formula is C25H42O4. The van der Waals surface area contributed by atoms with Gasteiger partial charge in [0.1, 0.15) is 12.2 Å². The number of carbonyl (C=O) groups is 2. The zero-order valence-corrected chi connectivity index (χ0v) is 18.7. The smallest absolute Gasteiger partial charge is 0.303 e. The molecule has 1 aliphatic rings. The Bertz CT molecular complexity index is 451. The van der Waals surface area contributed by atoms with Crippen molar-refractivity contribution >= 4 is 11.9 Å². The Hall–Kier alpha value is -1.58. The molecule has 4 heteroatoms. The van der Waals surface area contributed by atoms with Crippen LogP contribution in [0.25, 0.3) is 0 Å². The molecule has 0 saturated heterocycles. The minimum atomic E-state index is -0.191. The molecule has 166 valence electrons. The lowest BCUT2D eigenvalue weighted by Crippen LogP contribution is -2.13. The van der Waals surface area contributed by atoms with Crippen molar-refractivity contribution < 1.29 is 19.1 Å². The highest BCUT2D eigenvalue weighted by Crippen LogP contribution is 2.16. The molecule has 0 heterocycles. The van der Waals surface area contributed by atoms with Crippen LogP contribution in [0.5, 0.6) is 0 Å². The van der Waals surface area contributed by atoms with Gasteiger partial charge in [-0.15, -0.1) is 0 Å². The molecule has 0 aromatic rings. The Labute approximate surface area is 178 Å². The molecule has 0 aromatic heterocycles. The van der Waals surface area contributed by atoms with Crippen LogP contribution < -0.4 is 0 Å². The molecule has 4 nitrogen and oxygen atoms in total. The molecule has 0 radical (unpaired) electrons. The van der Waals surface area contributed by atoms with Crippen molar-refractivity contribution in [1.82, 2.24) is 0 Å². The topological polar surface area (TPSA) is 52.6 Å². The first-order chi connectivity index (χ1) is 14.1. The minimum absolute atomic E-state index is 0.0669. The number of hydrogen-bond acceptors (Lipinski definition) is 4. The van der Waals surface area contributed by atoms with Gasteiger partial charge < -0.3 is 9.47 Å². The van der Waals surface area contributed by atoms with Gasteiger partial charge in [0.05, 0.1) is 0 Å². The zero-order chi connectivity index (χ0) is 21.2. The van der Waals surface area contributed by atoms with E-state index in [0.29, 0.717) is 0 Å². The van der Waals surface area contributed by atoms with Crippen molar-refractivity contribution in [2.24, 2.45) is 0 Å². The number of esters is 2. The molecule has 2 atom stereocenters. The van der Waals surface area contributed by atoms with Gasteiger partial charge in [0.2, 0.25) is 0 Å². The SMILES string of the molecule is CC(=O)OC1/C=C/CCCCC/C=C/C(OC(C)=O)CCCCCCCCCC1. The fourth-order valence-corrected chi connectivity index (χ4v) is 3.76. The predicted octanol–water partition coefficient (Wildman–Crippen LogP) is 6.83. The molecule has 0 spiro atoms. The monoisotopic (exact) mass is 406 g/mol. The Balaban J connectivity index is 2.49. The number of ether oxygens (including phenoxy) is 2. The molecule has 2 unspecified atom stereocenters. The lowest BCUT2D eigenvalue weighted by molar-refractivity contribution is -0.145. The van der Waals surface area contributed by atoms with E-state index in [9.17, 15) is 9.59 Å². The molecule has 0 aromatic carbocycles. The molecule has 0 amide bonds. The Morgan fingerprint density at radius 1 is 0.586 bits per heavy atom. The lowest BCUT2D eigenvalue weighted by Gasteiger charge is -2.13. The predicted molar refractivity (Wildman–Crippen MR) is 119 cm³/mol. The second-order valence-electron chi connectivity index (χ2n) is 8.20. The summed E-state index contributed by atoms with van der Waals surface area (Å²) in [7, 11) is 0. The summed E-state index contributed by atoms with van der Waals surface area (Å²) in [5.74, 6) is -0.381. The van der Waals surface area contributed by atoms with Gasteiger partial charge in [-0.25, -0.2) is 0 Å². The summed E-state index contributed by atoms with van der Waals surface area (Å²) in [5.41, 5.74) is 0. The first kappa shape index (κ1) is 25.5. The van der Waals surface area contributed by atoms with Crippen LogP contribution in [-0.4, -0.2) is 24.1 Å². The van der Waals surface area contributed by atoms with Crippen LogP contribution in [-0.2, 0) is 19.1 Å². The van der Waals surface area contributed by atoms with E-state index in [2.05, 4.69) is 24.3 Å². The fourth-order valence-electron chi connectivity index (χ4n) is 3.76. The molecule has 29 heavy (non-hydrogen) atoms. The van der Waals surface area contributed by atoms with Crippen LogP contribution in [0.4, 0.5) is 0 Å². The molecule has 1 rings (SSSR count). The average molecular weight is 407 g/mol. The number of rotatable bonds is 2. The first-order valence-corrected chi connectivity index (χ1v) is 11.8.